The lowest BCUT2D eigenvalue weighted by Crippen LogP contribution is -2.19. The number of amides is 1. The minimum atomic E-state index is -0.153. The second-order valence-corrected chi connectivity index (χ2v) is 6.46. The third-order valence-electron chi connectivity index (χ3n) is 4.25. The van der Waals surface area contributed by atoms with Crippen molar-refractivity contribution in [3.05, 3.63) is 54.7 Å². The summed E-state index contributed by atoms with van der Waals surface area (Å²) in [6, 6.07) is 15.0. The monoisotopic (exact) mass is 380 g/mol. The molecule has 0 spiro atoms. The van der Waals surface area contributed by atoms with Crippen molar-refractivity contribution in [1.82, 2.24) is 9.78 Å². The predicted octanol–water partition coefficient (Wildman–Crippen LogP) is 3.27. The molecule has 1 N–H and O–H groups in total. The van der Waals surface area contributed by atoms with E-state index >= 15 is 0 Å². The standard InChI is InChI=1S/C21H24N4O3/c1-24(2)21-19(15-5-9-17(27-3)10-6-15)13-25(23-21)14-20(26)22-16-7-11-18(28-4)12-8-16/h5-13H,14H2,1-4H3,(H,22,26). The molecule has 1 heterocycles. The average molecular weight is 380 g/mol. The molecule has 0 fully saturated rings. The minimum absolute atomic E-state index is 0.114. The largest absolute Gasteiger partial charge is 0.497 e. The van der Waals surface area contributed by atoms with Gasteiger partial charge < -0.3 is 19.7 Å². The molecule has 3 aromatic rings. The molecule has 0 unspecified atom stereocenters. The first-order valence-corrected chi connectivity index (χ1v) is 8.83. The molecule has 3 rings (SSSR count). The number of anilines is 2. The van der Waals surface area contributed by atoms with Gasteiger partial charge in [0.05, 0.1) is 14.2 Å². The summed E-state index contributed by atoms with van der Waals surface area (Å²) >= 11 is 0. The summed E-state index contributed by atoms with van der Waals surface area (Å²) < 4.78 is 12.0. The van der Waals surface area contributed by atoms with Crippen LogP contribution in [0.5, 0.6) is 11.5 Å². The number of hydrogen-bond donors (Lipinski definition) is 1. The molecule has 2 aromatic carbocycles. The first kappa shape index (κ1) is 19.3. The highest BCUT2D eigenvalue weighted by atomic mass is 16.5. The number of rotatable bonds is 7. The van der Waals surface area contributed by atoms with E-state index < -0.39 is 0 Å². The first-order valence-electron chi connectivity index (χ1n) is 8.83. The van der Waals surface area contributed by atoms with Crippen LogP contribution in [0.25, 0.3) is 11.1 Å². The molecule has 0 aliphatic carbocycles. The van der Waals surface area contributed by atoms with Crippen molar-refractivity contribution in [2.45, 2.75) is 6.54 Å². The van der Waals surface area contributed by atoms with E-state index in [2.05, 4.69) is 10.4 Å². The quantitative estimate of drug-likeness (QED) is 0.681. The van der Waals surface area contributed by atoms with Gasteiger partial charge in [0.15, 0.2) is 5.82 Å². The Morgan fingerprint density at radius 2 is 1.57 bits per heavy atom. The maximum absolute atomic E-state index is 12.4. The summed E-state index contributed by atoms with van der Waals surface area (Å²) in [6.45, 7) is 0.114. The molecule has 0 aliphatic heterocycles. The lowest BCUT2D eigenvalue weighted by molar-refractivity contribution is -0.116. The molecule has 0 saturated carbocycles. The second kappa shape index (κ2) is 8.47. The van der Waals surface area contributed by atoms with Crippen LogP contribution in [0.1, 0.15) is 0 Å². The molecule has 0 radical (unpaired) electrons. The first-order chi connectivity index (χ1) is 13.5. The van der Waals surface area contributed by atoms with Gasteiger partial charge in [-0.2, -0.15) is 5.10 Å². The number of aromatic nitrogens is 2. The number of hydrogen-bond acceptors (Lipinski definition) is 5. The Kier molecular flexibility index (Phi) is 5.84. The zero-order valence-electron chi connectivity index (χ0n) is 16.5. The van der Waals surface area contributed by atoms with Crippen LogP contribution < -0.4 is 19.7 Å². The van der Waals surface area contributed by atoms with Crippen molar-refractivity contribution in [3.63, 3.8) is 0 Å². The van der Waals surface area contributed by atoms with Gasteiger partial charge in [0, 0.05) is 31.5 Å². The summed E-state index contributed by atoms with van der Waals surface area (Å²) in [4.78, 5) is 14.3. The fourth-order valence-electron chi connectivity index (χ4n) is 2.82. The topological polar surface area (TPSA) is 68.6 Å². The van der Waals surface area contributed by atoms with E-state index in [1.807, 2.05) is 49.5 Å². The summed E-state index contributed by atoms with van der Waals surface area (Å²) in [7, 11) is 7.10. The highest BCUT2D eigenvalue weighted by molar-refractivity contribution is 5.90. The smallest absolute Gasteiger partial charge is 0.246 e. The zero-order valence-corrected chi connectivity index (χ0v) is 16.5. The van der Waals surface area contributed by atoms with Gasteiger partial charge >= 0.3 is 0 Å². The van der Waals surface area contributed by atoms with Crippen LogP contribution in [0, 0.1) is 0 Å². The third-order valence-corrected chi connectivity index (χ3v) is 4.25. The van der Waals surface area contributed by atoms with Gasteiger partial charge in [-0.15, -0.1) is 0 Å². The molecule has 146 valence electrons. The van der Waals surface area contributed by atoms with Crippen molar-refractivity contribution in [1.29, 1.82) is 0 Å². The molecule has 28 heavy (non-hydrogen) atoms. The van der Waals surface area contributed by atoms with Crippen LogP contribution in [0.15, 0.2) is 54.7 Å². The Balaban J connectivity index is 1.77. The number of nitrogens with one attached hydrogen (secondary N) is 1. The second-order valence-electron chi connectivity index (χ2n) is 6.46. The predicted molar refractivity (Wildman–Crippen MR) is 110 cm³/mol. The summed E-state index contributed by atoms with van der Waals surface area (Å²) in [5.41, 5.74) is 2.66. The highest BCUT2D eigenvalue weighted by Gasteiger charge is 2.15. The van der Waals surface area contributed by atoms with Crippen molar-refractivity contribution in [2.24, 2.45) is 0 Å². The van der Waals surface area contributed by atoms with E-state index in [0.717, 1.165) is 28.4 Å². The Morgan fingerprint density at radius 1 is 1.00 bits per heavy atom. The maximum Gasteiger partial charge on any atom is 0.246 e. The van der Waals surface area contributed by atoms with Crippen molar-refractivity contribution in [3.8, 4) is 22.6 Å². The van der Waals surface area contributed by atoms with Crippen molar-refractivity contribution < 1.29 is 14.3 Å². The molecule has 0 aliphatic rings. The fraction of sp³-hybridized carbons (Fsp3) is 0.238. The Morgan fingerprint density at radius 3 is 2.11 bits per heavy atom. The molecule has 1 aromatic heterocycles. The minimum Gasteiger partial charge on any atom is -0.497 e. The van der Waals surface area contributed by atoms with Gasteiger partial charge in [0.25, 0.3) is 0 Å². The number of benzene rings is 2. The van der Waals surface area contributed by atoms with E-state index in [0.29, 0.717) is 5.69 Å². The fourth-order valence-corrected chi connectivity index (χ4v) is 2.82. The molecular formula is C21H24N4O3. The number of nitrogens with zero attached hydrogens (tertiary/aromatic N) is 3. The molecule has 0 bridgehead atoms. The van der Waals surface area contributed by atoms with E-state index in [4.69, 9.17) is 9.47 Å². The Labute approximate surface area is 164 Å². The van der Waals surface area contributed by atoms with E-state index in [9.17, 15) is 4.79 Å². The summed E-state index contributed by atoms with van der Waals surface area (Å²) in [5.74, 6) is 2.17. The normalized spacial score (nSPS) is 10.4. The van der Waals surface area contributed by atoms with Crippen LogP contribution >= 0.6 is 0 Å². The molecule has 0 atom stereocenters. The molecular weight excluding hydrogens is 356 g/mol. The van der Waals surface area contributed by atoms with Crippen LogP contribution in [-0.4, -0.2) is 44.0 Å². The van der Waals surface area contributed by atoms with E-state index in [1.54, 1.807) is 43.2 Å². The number of ether oxygens (including phenoxy) is 2. The van der Waals surface area contributed by atoms with Crippen LogP contribution in [0.2, 0.25) is 0 Å². The Hall–Kier alpha value is -3.48. The molecule has 1 amide bonds. The van der Waals surface area contributed by atoms with Crippen molar-refractivity contribution >= 4 is 17.4 Å². The molecule has 0 saturated heterocycles. The van der Waals surface area contributed by atoms with E-state index in [1.165, 1.54) is 0 Å². The average Bonchev–Trinajstić information content (AvgIpc) is 3.12. The van der Waals surface area contributed by atoms with Gasteiger partial charge in [-0.3, -0.25) is 9.48 Å². The van der Waals surface area contributed by atoms with Gasteiger partial charge in [0.2, 0.25) is 5.91 Å². The van der Waals surface area contributed by atoms with Crippen LogP contribution in [0.4, 0.5) is 11.5 Å². The number of methoxy groups -OCH3 is 2. The maximum atomic E-state index is 12.4. The zero-order chi connectivity index (χ0) is 20.1. The Bertz CT molecular complexity index is 931. The van der Waals surface area contributed by atoms with Gasteiger partial charge in [-0.1, -0.05) is 12.1 Å². The molecule has 7 nitrogen and oxygen atoms in total. The van der Waals surface area contributed by atoms with Crippen LogP contribution in [-0.2, 0) is 11.3 Å². The highest BCUT2D eigenvalue weighted by Crippen LogP contribution is 2.30. The lowest BCUT2D eigenvalue weighted by Gasteiger charge is -2.11. The third kappa shape index (κ3) is 4.43. The SMILES string of the molecule is COc1ccc(NC(=O)Cn2cc(-c3ccc(OC)cc3)c(N(C)C)n2)cc1. The summed E-state index contributed by atoms with van der Waals surface area (Å²) in [5, 5.41) is 7.44. The van der Waals surface area contributed by atoms with Gasteiger partial charge in [-0.05, 0) is 42.0 Å². The molecule has 7 heteroatoms. The van der Waals surface area contributed by atoms with Crippen LogP contribution in [0.3, 0.4) is 0 Å². The summed E-state index contributed by atoms with van der Waals surface area (Å²) in [6.07, 6.45) is 1.88. The number of carbonyl (C=O) groups excluding carboxylic acids is 1. The van der Waals surface area contributed by atoms with Gasteiger partial charge in [0.1, 0.15) is 18.0 Å². The lowest BCUT2D eigenvalue weighted by atomic mass is 10.1. The number of carbonyl (C=O) groups is 1. The van der Waals surface area contributed by atoms with E-state index in [-0.39, 0.29) is 12.5 Å². The van der Waals surface area contributed by atoms with Crippen molar-refractivity contribution in [2.75, 3.05) is 38.5 Å². The van der Waals surface area contributed by atoms with Gasteiger partial charge in [-0.25, -0.2) is 0 Å².